The van der Waals surface area contributed by atoms with Gasteiger partial charge in [0, 0.05) is 12.5 Å². The van der Waals surface area contributed by atoms with Gasteiger partial charge in [0.05, 0.1) is 40.7 Å². The summed E-state index contributed by atoms with van der Waals surface area (Å²) in [5.74, 6) is -2.28. The van der Waals surface area contributed by atoms with E-state index in [1.165, 1.54) is 54.1 Å². The first kappa shape index (κ1) is 23.8. The Morgan fingerprint density at radius 1 is 1.00 bits per heavy atom. The summed E-state index contributed by atoms with van der Waals surface area (Å²) in [6.45, 7) is 0.190. The summed E-state index contributed by atoms with van der Waals surface area (Å²) < 4.78 is 60.2. The van der Waals surface area contributed by atoms with Gasteiger partial charge in [-0.25, -0.2) is 17.2 Å². The minimum atomic E-state index is -3.91. The minimum Gasteiger partial charge on any atom is -0.506 e. The Balaban J connectivity index is 1.74. The predicted octanol–water partition coefficient (Wildman–Crippen LogP) is 4.09. The van der Waals surface area contributed by atoms with E-state index >= 15 is 0 Å². The first-order valence-corrected chi connectivity index (χ1v) is 12.5. The molecule has 1 N–H and O–H groups in total. The molecule has 10 heteroatoms. The van der Waals surface area contributed by atoms with Gasteiger partial charge in [0.1, 0.15) is 22.9 Å². The van der Waals surface area contributed by atoms with Crippen molar-refractivity contribution in [1.82, 2.24) is 4.57 Å². The van der Waals surface area contributed by atoms with Crippen molar-refractivity contribution in [2.24, 2.45) is 4.99 Å². The van der Waals surface area contributed by atoms with Gasteiger partial charge in [0.2, 0.25) is 0 Å². The number of rotatable bonds is 5. The molecule has 0 saturated carbocycles. The lowest BCUT2D eigenvalue weighted by Crippen LogP contribution is -2.32. The van der Waals surface area contributed by atoms with Crippen LogP contribution in [-0.4, -0.2) is 36.7 Å². The topological polar surface area (TPSA) is 98.0 Å². The third kappa shape index (κ3) is 4.18. The van der Waals surface area contributed by atoms with Crippen LogP contribution in [0.25, 0.3) is 10.9 Å². The molecular formula is C26H20F2N2O5S. The number of pyridine rings is 1. The minimum absolute atomic E-state index is 0.00115. The monoisotopic (exact) mass is 510 g/mol. The summed E-state index contributed by atoms with van der Waals surface area (Å²) in [4.78, 5) is 18.1. The summed E-state index contributed by atoms with van der Waals surface area (Å²) in [7, 11) is -2.42. The number of aromatic hydroxyl groups is 1. The maximum absolute atomic E-state index is 14.1. The SMILES string of the molecule is COCc1ccc2c(c1)S(=O)(=O)CC(c1c(O)c3cc(F)ccc3n(Cc3ccc(F)cc3)c1=O)=N2. The quantitative estimate of drug-likeness (QED) is 0.436. The molecule has 0 bridgehead atoms. The molecule has 184 valence electrons. The second kappa shape index (κ2) is 8.96. The lowest BCUT2D eigenvalue weighted by atomic mass is 10.1. The van der Waals surface area contributed by atoms with Crippen LogP contribution in [0.3, 0.4) is 0 Å². The molecule has 1 aliphatic rings. The lowest BCUT2D eigenvalue weighted by molar-refractivity contribution is 0.184. The van der Waals surface area contributed by atoms with Crippen LogP contribution in [0.15, 0.2) is 75.3 Å². The van der Waals surface area contributed by atoms with Crippen LogP contribution in [0.5, 0.6) is 5.75 Å². The van der Waals surface area contributed by atoms with Crippen molar-refractivity contribution < 1.29 is 27.0 Å². The van der Waals surface area contributed by atoms with Gasteiger partial charge in [-0.3, -0.25) is 9.79 Å². The summed E-state index contributed by atoms with van der Waals surface area (Å²) in [5, 5.41) is 11.1. The summed E-state index contributed by atoms with van der Waals surface area (Å²) >= 11 is 0. The van der Waals surface area contributed by atoms with E-state index in [1.807, 2.05) is 0 Å². The van der Waals surface area contributed by atoms with Crippen molar-refractivity contribution in [3.05, 3.63) is 99.3 Å². The highest BCUT2D eigenvalue weighted by Crippen LogP contribution is 2.35. The van der Waals surface area contributed by atoms with Crippen molar-refractivity contribution in [2.45, 2.75) is 18.0 Å². The molecule has 1 aliphatic heterocycles. The number of hydrogen-bond acceptors (Lipinski definition) is 6. The molecule has 0 spiro atoms. The number of benzene rings is 3. The number of aromatic nitrogens is 1. The third-order valence-corrected chi connectivity index (χ3v) is 7.65. The molecular weight excluding hydrogens is 490 g/mol. The van der Waals surface area contributed by atoms with E-state index in [0.29, 0.717) is 11.1 Å². The number of methoxy groups -OCH3 is 1. The maximum atomic E-state index is 14.1. The standard InChI is InChI=1S/C26H20F2N2O5S/c1-35-13-16-4-8-20-23(10-16)36(33,34)14-21(29-20)24-25(31)19-11-18(28)7-9-22(19)30(26(24)32)12-15-2-5-17(27)6-3-15/h2-11,31H,12-14H2,1H3. The number of sulfone groups is 1. The van der Waals surface area contributed by atoms with Crippen molar-refractivity contribution in [2.75, 3.05) is 12.9 Å². The highest BCUT2D eigenvalue weighted by atomic mass is 32.2. The fourth-order valence-electron chi connectivity index (χ4n) is 4.32. The fourth-order valence-corrected chi connectivity index (χ4v) is 5.81. The highest BCUT2D eigenvalue weighted by molar-refractivity contribution is 7.92. The zero-order valence-electron chi connectivity index (χ0n) is 19.0. The van der Waals surface area contributed by atoms with Crippen LogP contribution in [0, 0.1) is 11.6 Å². The largest absolute Gasteiger partial charge is 0.506 e. The summed E-state index contributed by atoms with van der Waals surface area (Å²) in [5.41, 5.74) is 0.396. The smallest absolute Gasteiger partial charge is 0.264 e. The van der Waals surface area contributed by atoms with E-state index in [1.54, 1.807) is 6.07 Å². The first-order chi connectivity index (χ1) is 17.2. The zero-order chi connectivity index (χ0) is 25.6. The molecule has 0 fully saturated rings. The van der Waals surface area contributed by atoms with E-state index in [2.05, 4.69) is 4.99 Å². The maximum Gasteiger partial charge on any atom is 0.264 e. The molecule has 0 radical (unpaired) electrons. The molecule has 36 heavy (non-hydrogen) atoms. The van der Waals surface area contributed by atoms with Crippen LogP contribution in [0.2, 0.25) is 0 Å². The van der Waals surface area contributed by atoms with E-state index in [0.717, 1.165) is 12.1 Å². The molecule has 5 rings (SSSR count). The molecule has 1 aromatic heterocycles. The van der Waals surface area contributed by atoms with Crippen LogP contribution >= 0.6 is 0 Å². The Morgan fingerprint density at radius 3 is 2.42 bits per heavy atom. The van der Waals surface area contributed by atoms with Crippen LogP contribution in [-0.2, 0) is 27.7 Å². The van der Waals surface area contributed by atoms with Crippen LogP contribution in [0.1, 0.15) is 16.7 Å². The lowest BCUT2D eigenvalue weighted by Gasteiger charge is -2.20. The van der Waals surface area contributed by atoms with Crippen LogP contribution < -0.4 is 5.56 Å². The van der Waals surface area contributed by atoms with E-state index in [-0.39, 0.29) is 45.9 Å². The Morgan fingerprint density at radius 2 is 1.69 bits per heavy atom. The van der Waals surface area contributed by atoms with Gasteiger partial charge in [-0.05, 0) is 53.6 Å². The van der Waals surface area contributed by atoms with Crippen molar-refractivity contribution in [1.29, 1.82) is 0 Å². The molecule has 0 saturated heterocycles. The Bertz CT molecular complexity index is 1710. The molecule has 0 aliphatic carbocycles. The zero-order valence-corrected chi connectivity index (χ0v) is 19.9. The van der Waals surface area contributed by atoms with Gasteiger partial charge in [-0.2, -0.15) is 0 Å². The molecule has 0 atom stereocenters. The Hall–Kier alpha value is -3.89. The second-order valence-electron chi connectivity index (χ2n) is 8.46. The second-order valence-corrected chi connectivity index (χ2v) is 10.4. The van der Waals surface area contributed by atoms with Crippen molar-refractivity contribution in [3.63, 3.8) is 0 Å². The molecule has 3 aromatic carbocycles. The van der Waals surface area contributed by atoms with Gasteiger partial charge >= 0.3 is 0 Å². The number of hydrogen-bond donors (Lipinski definition) is 1. The Labute approximate surface area is 204 Å². The van der Waals surface area contributed by atoms with Gasteiger partial charge in [-0.1, -0.05) is 18.2 Å². The highest BCUT2D eigenvalue weighted by Gasteiger charge is 2.31. The van der Waals surface area contributed by atoms with Gasteiger partial charge in [-0.15, -0.1) is 0 Å². The van der Waals surface area contributed by atoms with E-state index in [9.17, 15) is 27.1 Å². The van der Waals surface area contributed by atoms with Gasteiger partial charge in [0.15, 0.2) is 9.84 Å². The van der Waals surface area contributed by atoms with E-state index in [4.69, 9.17) is 4.74 Å². The van der Waals surface area contributed by atoms with Crippen molar-refractivity contribution in [3.8, 4) is 5.75 Å². The van der Waals surface area contributed by atoms with Gasteiger partial charge in [0.25, 0.3) is 5.56 Å². The first-order valence-electron chi connectivity index (χ1n) is 10.9. The van der Waals surface area contributed by atoms with Crippen molar-refractivity contribution >= 4 is 32.1 Å². The van der Waals surface area contributed by atoms with E-state index < -0.39 is 38.5 Å². The normalized spacial score (nSPS) is 14.5. The average molecular weight is 511 g/mol. The predicted molar refractivity (Wildman–Crippen MR) is 131 cm³/mol. The fraction of sp³-hybridized carbons (Fsp3) is 0.154. The summed E-state index contributed by atoms with van der Waals surface area (Å²) in [6.07, 6.45) is 0. The molecule has 0 unspecified atom stereocenters. The number of halogens is 2. The number of ether oxygens (including phenoxy) is 1. The molecule has 4 aromatic rings. The Kier molecular flexibility index (Phi) is 5.93. The molecule has 2 heterocycles. The molecule has 7 nitrogen and oxygen atoms in total. The third-order valence-electron chi connectivity index (χ3n) is 6.00. The van der Waals surface area contributed by atoms with Gasteiger partial charge < -0.3 is 14.4 Å². The number of nitrogens with zero attached hydrogens (tertiary/aromatic N) is 2. The van der Waals surface area contributed by atoms with Crippen LogP contribution in [0.4, 0.5) is 14.5 Å². The molecule has 0 amide bonds. The summed E-state index contributed by atoms with van der Waals surface area (Å²) in [6, 6.07) is 13.7. The number of fused-ring (bicyclic) bond motifs is 2. The number of aliphatic imine (C=N–C) groups is 1. The average Bonchev–Trinajstić information content (AvgIpc) is 2.83.